The third-order valence-corrected chi connectivity index (χ3v) is 2.40. The minimum Gasteiger partial charge on any atom is -0.467 e. The number of carbonyl (C=O) groups is 2. The number of aliphatic hydroxyl groups excluding tert-OH is 1. The maximum absolute atomic E-state index is 11.2. The number of nitrogens with one attached hydrogen (secondary N) is 1. The molecule has 0 aromatic carbocycles. The van der Waals surface area contributed by atoms with Gasteiger partial charge in [0.1, 0.15) is 6.10 Å². The molecule has 8 heteroatoms. The molecule has 0 fully saturated rings. The number of carbonyl (C=O) groups excluding carboxylic acids is 2. The quantitative estimate of drug-likeness (QED) is 0.693. The molecule has 1 aliphatic carbocycles. The summed E-state index contributed by atoms with van der Waals surface area (Å²) >= 11 is 0. The summed E-state index contributed by atoms with van der Waals surface area (Å²) in [4.78, 5) is 22.2. The Morgan fingerprint density at radius 1 is 1.40 bits per heavy atom. The van der Waals surface area contributed by atoms with E-state index in [0.717, 1.165) is 7.11 Å². The van der Waals surface area contributed by atoms with E-state index in [-0.39, 0.29) is 30.3 Å². The number of halogens is 1. The van der Waals surface area contributed by atoms with Crippen molar-refractivity contribution in [2.75, 3.05) is 20.8 Å². The lowest BCUT2D eigenvalue weighted by Crippen LogP contribution is -2.32. The van der Waals surface area contributed by atoms with Crippen LogP contribution < -0.4 is 0 Å². The third-order valence-electron chi connectivity index (χ3n) is 2.40. The Morgan fingerprint density at radius 3 is 2.55 bits per heavy atom. The molecule has 0 spiro atoms. The molecule has 0 radical (unpaired) electrons. The SMILES string of the molecule is COC(=O)C1=CC(=N)C(OCC(O)C(=O)OC)C=C1.Cl. The Hall–Kier alpha value is -1.70. The molecule has 112 valence electrons. The van der Waals surface area contributed by atoms with Crippen molar-refractivity contribution in [3.8, 4) is 0 Å². The van der Waals surface area contributed by atoms with Crippen molar-refractivity contribution in [3.63, 3.8) is 0 Å². The van der Waals surface area contributed by atoms with E-state index >= 15 is 0 Å². The van der Waals surface area contributed by atoms with Crippen molar-refractivity contribution in [1.82, 2.24) is 0 Å². The molecule has 0 saturated heterocycles. The van der Waals surface area contributed by atoms with Gasteiger partial charge in [-0.1, -0.05) is 0 Å². The molecule has 20 heavy (non-hydrogen) atoms. The molecule has 0 bridgehead atoms. The number of methoxy groups -OCH3 is 2. The predicted molar refractivity (Wildman–Crippen MR) is 72.0 cm³/mol. The molecule has 1 rings (SSSR count). The average Bonchev–Trinajstić information content (AvgIpc) is 2.43. The molecule has 7 nitrogen and oxygen atoms in total. The molecule has 0 amide bonds. The minimum absolute atomic E-state index is 0. The number of aliphatic hydroxyl groups is 1. The summed E-state index contributed by atoms with van der Waals surface area (Å²) < 4.78 is 14.0. The van der Waals surface area contributed by atoms with Gasteiger partial charge in [-0.3, -0.25) is 0 Å². The number of ether oxygens (including phenoxy) is 3. The Bertz CT molecular complexity index is 445. The second kappa shape index (κ2) is 8.47. The largest absolute Gasteiger partial charge is 0.467 e. The highest BCUT2D eigenvalue weighted by Crippen LogP contribution is 2.12. The van der Waals surface area contributed by atoms with Crippen molar-refractivity contribution in [1.29, 1.82) is 5.41 Å². The van der Waals surface area contributed by atoms with Crippen LogP contribution in [0.15, 0.2) is 23.8 Å². The molecule has 0 heterocycles. The highest BCUT2D eigenvalue weighted by atomic mass is 35.5. The lowest BCUT2D eigenvalue weighted by atomic mass is 10.0. The zero-order valence-electron chi connectivity index (χ0n) is 11.0. The first-order valence-corrected chi connectivity index (χ1v) is 5.43. The monoisotopic (exact) mass is 305 g/mol. The first-order valence-electron chi connectivity index (χ1n) is 5.43. The third kappa shape index (κ3) is 4.76. The maximum atomic E-state index is 11.2. The Morgan fingerprint density at radius 2 is 2.05 bits per heavy atom. The summed E-state index contributed by atoms with van der Waals surface area (Å²) in [5.74, 6) is -1.36. The first kappa shape index (κ1) is 18.3. The predicted octanol–water partition coefficient (Wildman–Crippen LogP) is 0.0163. The van der Waals surface area contributed by atoms with Gasteiger partial charge in [-0.05, 0) is 18.2 Å². The second-order valence-corrected chi connectivity index (χ2v) is 3.70. The number of esters is 2. The van der Waals surface area contributed by atoms with Crippen molar-refractivity contribution in [3.05, 3.63) is 23.8 Å². The topological polar surface area (TPSA) is 106 Å². The Kier molecular flexibility index (Phi) is 7.75. The van der Waals surface area contributed by atoms with Crippen LogP contribution in [0.4, 0.5) is 0 Å². The van der Waals surface area contributed by atoms with Gasteiger partial charge in [0.15, 0.2) is 6.10 Å². The number of hydrogen-bond acceptors (Lipinski definition) is 7. The van der Waals surface area contributed by atoms with Crippen LogP contribution in [-0.2, 0) is 23.8 Å². The lowest BCUT2D eigenvalue weighted by molar-refractivity contribution is -0.153. The molecule has 0 aromatic heterocycles. The molecular weight excluding hydrogens is 290 g/mol. The van der Waals surface area contributed by atoms with Crippen LogP contribution in [-0.4, -0.2) is 55.8 Å². The van der Waals surface area contributed by atoms with Gasteiger partial charge in [0.05, 0.1) is 32.1 Å². The van der Waals surface area contributed by atoms with Gasteiger partial charge in [0, 0.05) is 0 Å². The van der Waals surface area contributed by atoms with E-state index in [9.17, 15) is 14.7 Å². The van der Waals surface area contributed by atoms with Crippen molar-refractivity contribution >= 4 is 30.1 Å². The molecule has 1 aliphatic rings. The molecule has 2 atom stereocenters. The summed E-state index contributed by atoms with van der Waals surface area (Å²) in [7, 11) is 2.40. The standard InChI is InChI=1S/C12H15NO6.ClH/c1-17-11(15)7-3-4-10(8(13)5-7)19-6-9(14)12(16)18-2;/h3-5,9-10,13-14H,6H2,1-2H3;1H. The molecule has 0 saturated carbocycles. The smallest absolute Gasteiger partial charge is 0.337 e. The van der Waals surface area contributed by atoms with Gasteiger partial charge >= 0.3 is 11.9 Å². The molecule has 2 unspecified atom stereocenters. The molecular formula is C12H16ClNO6. The first-order chi connectivity index (χ1) is 8.99. The highest BCUT2D eigenvalue weighted by molar-refractivity contribution is 6.07. The molecule has 0 aliphatic heterocycles. The van der Waals surface area contributed by atoms with E-state index in [1.54, 1.807) is 0 Å². The maximum Gasteiger partial charge on any atom is 0.337 e. The molecule has 2 N–H and O–H groups in total. The minimum atomic E-state index is -1.41. The van der Waals surface area contributed by atoms with Crippen LogP contribution in [0.5, 0.6) is 0 Å². The van der Waals surface area contributed by atoms with Crippen molar-refractivity contribution < 1.29 is 28.9 Å². The van der Waals surface area contributed by atoms with E-state index in [4.69, 9.17) is 10.1 Å². The molecule has 0 aromatic rings. The lowest BCUT2D eigenvalue weighted by Gasteiger charge is -2.18. The van der Waals surface area contributed by atoms with Crippen LogP contribution in [0.25, 0.3) is 0 Å². The zero-order chi connectivity index (χ0) is 14.4. The van der Waals surface area contributed by atoms with Gasteiger partial charge in [-0.15, -0.1) is 12.4 Å². The Balaban J connectivity index is 0.00000361. The van der Waals surface area contributed by atoms with Gasteiger partial charge < -0.3 is 24.7 Å². The summed E-state index contributed by atoms with van der Waals surface area (Å²) in [6.07, 6.45) is 2.10. The summed E-state index contributed by atoms with van der Waals surface area (Å²) in [5, 5.41) is 17.0. The second-order valence-electron chi connectivity index (χ2n) is 3.70. The van der Waals surface area contributed by atoms with E-state index in [1.165, 1.54) is 25.3 Å². The Labute approximate surface area is 122 Å². The van der Waals surface area contributed by atoms with Crippen LogP contribution in [0, 0.1) is 5.41 Å². The van der Waals surface area contributed by atoms with Crippen LogP contribution in [0.1, 0.15) is 0 Å². The summed E-state index contributed by atoms with van der Waals surface area (Å²) in [6, 6.07) is 0. The van der Waals surface area contributed by atoms with Crippen molar-refractivity contribution in [2.24, 2.45) is 0 Å². The zero-order valence-corrected chi connectivity index (χ0v) is 11.8. The van der Waals surface area contributed by atoms with Gasteiger partial charge in [-0.2, -0.15) is 0 Å². The fraction of sp³-hybridized carbons (Fsp3) is 0.417. The number of rotatable bonds is 5. The van der Waals surface area contributed by atoms with Crippen molar-refractivity contribution in [2.45, 2.75) is 12.2 Å². The summed E-state index contributed by atoms with van der Waals surface area (Å²) in [6.45, 7) is -0.300. The number of hydrogen-bond donors (Lipinski definition) is 2. The summed E-state index contributed by atoms with van der Waals surface area (Å²) in [5.41, 5.74) is 0.265. The normalized spacial score (nSPS) is 18.6. The van der Waals surface area contributed by atoms with Crippen LogP contribution in [0.3, 0.4) is 0 Å². The van der Waals surface area contributed by atoms with Crippen LogP contribution in [0.2, 0.25) is 0 Å². The van der Waals surface area contributed by atoms with Gasteiger partial charge in [0.25, 0.3) is 0 Å². The fourth-order valence-electron chi connectivity index (χ4n) is 1.38. The van der Waals surface area contributed by atoms with E-state index in [0.29, 0.717) is 0 Å². The highest BCUT2D eigenvalue weighted by Gasteiger charge is 2.22. The van der Waals surface area contributed by atoms with E-state index < -0.39 is 24.1 Å². The fourth-order valence-corrected chi connectivity index (χ4v) is 1.38. The van der Waals surface area contributed by atoms with E-state index in [2.05, 4.69) is 9.47 Å². The van der Waals surface area contributed by atoms with Crippen LogP contribution >= 0.6 is 12.4 Å². The van der Waals surface area contributed by atoms with Gasteiger partial charge in [-0.25, -0.2) is 9.59 Å². The van der Waals surface area contributed by atoms with E-state index in [1.807, 2.05) is 0 Å². The van der Waals surface area contributed by atoms with Gasteiger partial charge in [0.2, 0.25) is 0 Å². The average molecular weight is 306 g/mol.